The van der Waals surface area contributed by atoms with Crippen molar-refractivity contribution < 1.29 is 9.59 Å². The summed E-state index contributed by atoms with van der Waals surface area (Å²) in [6, 6.07) is 0. The molecular weight excluding hydrogens is 173 g/mol. The van der Waals surface area contributed by atoms with E-state index in [9.17, 15) is 9.59 Å². The molecule has 1 aliphatic heterocycles. The van der Waals surface area contributed by atoms with Gasteiger partial charge in [-0.25, -0.2) is 0 Å². The first-order valence-electron chi connectivity index (χ1n) is 2.94. The molecule has 0 aromatic rings. The standard InChI is InChI=1S/C3H7N.C2H4N2O2.K.H/c1-2-4-3-1;3-1(5)2(4)6;;/h4H,1-3H2;(H2,3,5)(H2,4,6);;. The normalized spacial score (nSPS) is 12.7. The molecule has 0 radical (unpaired) electrons. The Morgan fingerprint density at radius 1 is 1.09 bits per heavy atom. The summed E-state index contributed by atoms with van der Waals surface area (Å²) in [6.07, 6.45) is 1.39. The van der Waals surface area contributed by atoms with E-state index in [1.54, 1.807) is 0 Å². The Kier molecular flexibility index (Phi) is 11.1. The average molecular weight is 185 g/mol. The zero-order chi connectivity index (χ0) is 7.98. The van der Waals surface area contributed by atoms with Gasteiger partial charge in [0.1, 0.15) is 0 Å². The SMILES string of the molecule is C1CNC1.NC(=O)C(N)=O.[KH]. The van der Waals surface area contributed by atoms with Crippen LogP contribution < -0.4 is 16.8 Å². The quantitative estimate of drug-likeness (QED) is 0.283. The molecule has 1 aliphatic rings. The summed E-state index contributed by atoms with van der Waals surface area (Å²) < 4.78 is 0. The molecule has 5 nitrogen and oxygen atoms in total. The molecule has 1 saturated heterocycles. The third kappa shape index (κ3) is 10.5. The van der Waals surface area contributed by atoms with Crippen LogP contribution in [0.3, 0.4) is 0 Å². The van der Waals surface area contributed by atoms with Crippen molar-refractivity contribution in [1.82, 2.24) is 5.32 Å². The molecule has 1 heterocycles. The molecule has 2 amide bonds. The van der Waals surface area contributed by atoms with E-state index >= 15 is 0 Å². The van der Waals surface area contributed by atoms with Gasteiger partial charge in [-0.05, 0) is 19.5 Å². The van der Waals surface area contributed by atoms with Gasteiger partial charge in [-0.1, -0.05) is 0 Å². The number of nitrogens with two attached hydrogens (primary N) is 2. The zero-order valence-corrected chi connectivity index (χ0v) is 5.59. The van der Waals surface area contributed by atoms with Crippen LogP contribution in [0.4, 0.5) is 0 Å². The average Bonchev–Trinajstić information content (AvgIpc) is 1.59. The van der Waals surface area contributed by atoms with E-state index in [4.69, 9.17) is 0 Å². The van der Waals surface area contributed by atoms with Crippen molar-refractivity contribution in [1.29, 1.82) is 0 Å². The second-order valence-corrected chi connectivity index (χ2v) is 1.83. The summed E-state index contributed by atoms with van der Waals surface area (Å²) in [5.74, 6) is -2.20. The minimum atomic E-state index is -1.10. The number of rotatable bonds is 0. The van der Waals surface area contributed by atoms with Gasteiger partial charge in [-0.15, -0.1) is 0 Å². The molecule has 1 rings (SSSR count). The first-order chi connectivity index (χ1) is 4.64. The van der Waals surface area contributed by atoms with Crippen LogP contribution >= 0.6 is 0 Å². The Hall–Kier alpha value is 0.536. The number of nitrogens with one attached hydrogen (secondary N) is 1. The third-order valence-electron chi connectivity index (χ3n) is 0.950. The Bertz CT molecular complexity index is 120. The summed E-state index contributed by atoms with van der Waals surface area (Å²) in [7, 11) is 0. The van der Waals surface area contributed by atoms with Gasteiger partial charge in [0.15, 0.2) is 0 Å². The first kappa shape index (κ1) is 14.1. The van der Waals surface area contributed by atoms with E-state index in [2.05, 4.69) is 16.8 Å². The Morgan fingerprint density at radius 3 is 1.27 bits per heavy atom. The van der Waals surface area contributed by atoms with E-state index in [1.165, 1.54) is 19.5 Å². The molecule has 0 unspecified atom stereocenters. The van der Waals surface area contributed by atoms with Crippen LogP contribution in [0, 0.1) is 0 Å². The van der Waals surface area contributed by atoms with Crippen LogP contribution in [-0.4, -0.2) is 76.3 Å². The van der Waals surface area contributed by atoms with Crippen molar-refractivity contribution in [2.75, 3.05) is 13.1 Å². The van der Waals surface area contributed by atoms with E-state index in [0.717, 1.165) is 0 Å². The van der Waals surface area contributed by atoms with Gasteiger partial charge in [-0.2, -0.15) is 0 Å². The molecule has 0 saturated carbocycles. The summed E-state index contributed by atoms with van der Waals surface area (Å²) in [5, 5.41) is 3.11. The van der Waals surface area contributed by atoms with Crippen molar-refractivity contribution in [3.8, 4) is 0 Å². The second kappa shape index (κ2) is 8.63. The number of hydrogen-bond donors (Lipinski definition) is 3. The predicted octanol–water partition coefficient (Wildman–Crippen LogP) is -2.71. The van der Waals surface area contributed by atoms with Crippen molar-refractivity contribution in [2.45, 2.75) is 6.42 Å². The number of carbonyl (C=O) groups is 2. The van der Waals surface area contributed by atoms with Crippen molar-refractivity contribution >= 4 is 63.2 Å². The second-order valence-electron chi connectivity index (χ2n) is 1.83. The molecule has 0 aromatic carbocycles. The minimum absolute atomic E-state index is 0. The van der Waals surface area contributed by atoms with Gasteiger partial charge in [-0.3, -0.25) is 9.59 Å². The first-order valence-corrected chi connectivity index (χ1v) is 2.94. The molecule has 6 heteroatoms. The number of primary amides is 2. The van der Waals surface area contributed by atoms with Crippen molar-refractivity contribution in [3.05, 3.63) is 0 Å². The molecule has 0 atom stereocenters. The molecule has 11 heavy (non-hydrogen) atoms. The molecule has 0 aliphatic carbocycles. The summed E-state index contributed by atoms with van der Waals surface area (Å²) >= 11 is 0. The van der Waals surface area contributed by atoms with Crippen LogP contribution in [0.2, 0.25) is 0 Å². The Balaban J connectivity index is 0. The van der Waals surface area contributed by atoms with E-state index in [1.807, 2.05) is 0 Å². The van der Waals surface area contributed by atoms with Crippen molar-refractivity contribution in [3.63, 3.8) is 0 Å². The Morgan fingerprint density at radius 2 is 1.27 bits per heavy atom. The van der Waals surface area contributed by atoms with Crippen LogP contribution in [-0.2, 0) is 9.59 Å². The van der Waals surface area contributed by atoms with E-state index < -0.39 is 11.8 Å². The fraction of sp³-hybridized carbons (Fsp3) is 0.600. The number of carbonyl (C=O) groups excluding carboxylic acids is 2. The molecule has 5 N–H and O–H groups in total. The number of amides is 2. The molecule has 0 bridgehead atoms. The number of hydrogen-bond acceptors (Lipinski definition) is 3. The third-order valence-corrected chi connectivity index (χ3v) is 0.950. The van der Waals surface area contributed by atoms with Crippen LogP contribution in [0.15, 0.2) is 0 Å². The van der Waals surface area contributed by atoms with Gasteiger partial charge < -0.3 is 16.8 Å². The monoisotopic (exact) mass is 185 g/mol. The maximum absolute atomic E-state index is 9.45. The Labute approximate surface area is 108 Å². The van der Waals surface area contributed by atoms with Crippen molar-refractivity contribution in [2.24, 2.45) is 11.5 Å². The molecular formula is C5H12KN3O2. The summed E-state index contributed by atoms with van der Waals surface area (Å²) in [5.41, 5.74) is 8.64. The molecule has 0 aromatic heterocycles. The topological polar surface area (TPSA) is 98.2 Å². The van der Waals surface area contributed by atoms with E-state index in [-0.39, 0.29) is 51.4 Å². The molecule has 0 spiro atoms. The van der Waals surface area contributed by atoms with E-state index in [0.29, 0.717) is 0 Å². The summed E-state index contributed by atoms with van der Waals surface area (Å²) in [6.45, 7) is 2.50. The fourth-order valence-corrected chi connectivity index (χ4v) is 0.177. The predicted molar refractivity (Wildman–Crippen MR) is 43.0 cm³/mol. The van der Waals surface area contributed by atoms with Gasteiger partial charge in [0, 0.05) is 0 Å². The molecule has 1 fully saturated rings. The zero-order valence-electron chi connectivity index (χ0n) is 5.59. The van der Waals surface area contributed by atoms with Crippen LogP contribution in [0.5, 0.6) is 0 Å². The van der Waals surface area contributed by atoms with Crippen LogP contribution in [0.25, 0.3) is 0 Å². The fourth-order valence-electron chi connectivity index (χ4n) is 0.177. The maximum atomic E-state index is 9.45. The van der Waals surface area contributed by atoms with Gasteiger partial charge >= 0.3 is 63.2 Å². The van der Waals surface area contributed by atoms with Gasteiger partial charge in [0.05, 0.1) is 0 Å². The molecule has 60 valence electrons. The summed E-state index contributed by atoms with van der Waals surface area (Å²) in [4.78, 5) is 18.9. The van der Waals surface area contributed by atoms with Crippen LogP contribution in [0.1, 0.15) is 6.42 Å². The van der Waals surface area contributed by atoms with Gasteiger partial charge in [0.2, 0.25) is 0 Å². The van der Waals surface area contributed by atoms with Gasteiger partial charge in [0.25, 0.3) is 0 Å².